The molecule has 0 saturated heterocycles. The molecule has 3 unspecified atom stereocenters. The molecule has 2 aromatic rings. The Kier molecular flexibility index (Phi) is 10.9. The predicted octanol–water partition coefficient (Wildman–Crippen LogP) is 4.58. The van der Waals surface area contributed by atoms with Crippen LogP contribution in [0.1, 0.15) is 47.6 Å². The Bertz CT molecular complexity index is 787. The molecule has 0 aromatic heterocycles. The molecule has 5 heteroatoms. The number of benzene rings is 2. The normalized spacial score (nSPS) is 14.3. The van der Waals surface area contributed by atoms with Crippen LogP contribution in [-0.4, -0.2) is 54.8 Å². The average Bonchev–Trinajstić information content (AvgIpc) is 2.78. The van der Waals surface area contributed by atoms with E-state index in [0.717, 1.165) is 30.6 Å². The van der Waals surface area contributed by atoms with Gasteiger partial charge in [0.25, 0.3) is 0 Å². The van der Waals surface area contributed by atoms with E-state index in [-0.39, 0.29) is 11.9 Å². The van der Waals surface area contributed by atoms with Gasteiger partial charge in [0.05, 0.1) is 31.2 Å². The fraction of sp³-hybridized carbons (Fsp3) is 0.538. The molecular formula is C26H38O4S. The van der Waals surface area contributed by atoms with E-state index < -0.39 is 12.2 Å². The number of hydrogen-bond donors (Lipinski definition) is 2. The molecule has 0 amide bonds. The van der Waals surface area contributed by atoms with E-state index in [9.17, 15) is 10.2 Å². The highest BCUT2D eigenvalue weighted by Gasteiger charge is 2.27. The molecule has 2 N–H and O–H groups in total. The lowest BCUT2D eigenvalue weighted by Gasteiger charge is -2.27. The van der Waals surface area contributed by atoms with Crippen molar-refractivity contribution in [3.8, 4) is 5.75 Å². The summed E-state index contributed by atoms with van der Waals surface area (Å²) in [6, 6.07) is 13.2. The Morgan fingerprint density at radius 3 is 2.23 bits per heavy atom. The van der Waals surface area contributed by atoms with Crippen molar-refractivity contribution >= 4 is 11.8 Å². The molecule has 2 aromatic carbocycles. The summed E-state index contributed by atoms with van der Waals surface area (Å²) in [7, 11) is 3.28. The highest BCUT2D eigenvalue weighted by atomic mass is 32.2. The van der Waals surface area contributed by atoms with Gasteiger partial charge < -0.3 is 19.7 Å². The van der Waals surface area contributed by atoms with Gasteiger partial charge in [-0.2, -0.15) is 11.8 Å². The lowest BCUT2D eigenvalue weighted by atomic mass is 9.94. The van der Waals surface area contributed by atoms with Gasteiger partial charge in [-0.1, -0.05) is 43.7 Å². The summed E-state index contributed by atoms with van der Waals surface area (Å²) in [6.07, 6.45) is 5.23. The minimum atomic E-state index is -0.657. The largest absolute Gasteiger partial charge is 0.496 e. The zero-order valence-electron chi connectivity index (χ0n) is 19.6. The smallest absolute Gasteiger partial charge is 0.122 e. The van der Waals surface area contributed by atoms with Gasteiger partial charge in [0.1, 0.15) is 5.75 Å². The van der Waals surface area contributed by atoms with E-state index in [0.29, 0.717) is 12.8 Å². The molecule has 2 rings (SSSR count). The molecule has 0 bridgehead atoms. The molecular weight excluding hydrogens is 408 g/mol. The summed E-state index contributed by atoms with van der Waals surface area (Å²) in [5, 5.41) is 20.1. The van der Waals surface area contributed by atoms with Crippen LogP contribution >= 0.6 is 11.8 Å². The van der Waals surface area contributed by atoms with Gasteiger partial charge in [-0.05, 0) is 72.7 Å². The van der Waals surface area contributed by atoms with Gasteiger partial charge in [-0.25, -0.2) is 0 Å². The van der Waals surface area contributed by atoms with Gasteiger partial charge in [-0.3, -0.25) is 0 Å². The second-order valence-electron chi connectivity index (χ2n) is 8.10. The van der Waals surface area contributed by atoms with Crippen LogP contribution in [-0.2, 0) is 24.0 Å². The molecule has 4 nitrogen and oxygen atoms in total. The van der Waals surface area contributed by atoms with Gasteiger partial charge in [-0.15, -0.1) is 0 Å². The molecule has 0 spiro atoms. The molecule has 31 heavy (non-hydrogen) atoms. The third-order valence-corrected chi connectivity index (χ3v) is 6.93. The van der Waals surface area contributed by atoms with Crippen molar-refractivity contribution in [1.82, 2.24) is 0 Å². The number of aryl methyl sites for hydroxylation is 3. The van der Waals surface area contributed by atoms with E-state index in [1.807, 2.05) is 6.26 Å². The van der Waals surface area contributed by atoms with Crippen LogP contribution in [0.5, 0.6) is 5.75 Å². The van der Waals surface area contributed by atoms with Crippen molar-refractivity contribution in [2.75, 3.05) is 27.1 Å². The Morgan fingerprint density at radius 1 is 1.00 bits per heavy atom. The summed E-state index contributed by atoms with van der Waals surface area (Å²) in [5.74, 6) is 0.851. The number of thioether (sulfide) groups is 1. The Labute approximate surface area is 192 Å². The van der Waals surface area contributed by atoms with Crippen LogP contribution in [0.25, 0.3) is 0 Å². The van der Waals surface area contributed by atoms with Crippen molar-refractivity contribution in [3.63, 3.8) is 0 Å². The van der Waals surface area contributed by atoms with Crippen molar-refractivity contribution < 1.29 is 19.7 Å². The van der Waals surface area contributed by atoms with E-state index >= 15 is 0 Å². The van der Waals surface area contributed by atoms with E-state index in [1.54, 1.807) is 14.2 Å². The average molecular weight is 447 g/mol. The highest BCUT2D eigenvalue weighted by Crippen LogP contribution is 2.28. The molecule has 3 atom stereocenters. The molecule has 0 heterocycles. The van der Waals surface area contributed by atoms with Crippen LogP contribution in [0.3, 0.4) is 0 Å². The van der Waals surface area contributed by atoms with Crippen LogP contribution in [0.2, 0.25) is 0 Å². The zero-order chi connectivity index (χ0) is 22.8. The van der Waals surface area contributed by atoms with Crippen LogP contribution < -0.4 is 4.74 Å². The first kappa shape index (κ1) is 25.7. The molecule has 0 radical (unpaired) electrons. The fourth-order valence-electron chi connectivity index (χ4n) is 4.02. The third-order valence-electron chi connectivity index (χ3n) is 5.91. The number of aliphatic hydroxyl groups excluding tert-OH is 2. The van der Waals surface area contributed by atoms with Crippen LogP contribution in [0, 0.1) is 6.92 Å². The summed E-state index contributed by atoms with van der Waals surface area (Å²) in [6.45, 7) is 4.30. The van der Waals surface area contributed by atoms with E-state index in [1.165, 1.54) is 34.0 Å². The van der Waals surface area contributed by atoms with Crippen molar-refractivity contribution in [1.29, 1.82) is 0 Å². The second kappa shape index (κ2) is 13.1. The minimum Gasteiger partial charge on any atom is -0.496 e. The number of hydrogen-bond acceptors (Lipinski definition) is 5. The van der Waals surface area contributed by atoms with E-state index in [4.69, 9.17) is 9.47 Å². The van der Waals surface area contributed by atoms with Gasteiger partial charge in [0, 0.05) is 7.11 Å². The number of methoxy groups -OCH3 is 2. The maximum Gasteiger partial charge on any atom is 0.122 e. The van der Waals surface area contributed by atoms with Crippen molar-refractivity contribution in [2.45, 2.75) is 63.4 Å². The van der Waals surface area contributed by atoms with Crippen LogP contribution in [0.15, 0.2) is 36.4 Å². The third kappa shape index (κ3) is 7.25. The Balaban J connectivity index is 2.15. The van der Waals surface area contributed by atoms with Crippen LogP contribution in [0.4, 0.5) is 0 Å². The summed E-state index contributed by atoms with van der Waals surface area (Å²) >= 11 is 1.51. The molecule has 172 valence electrons. The summed E-state index contributed by atoms with van der Waals surface area (Å²) in [5.41, 5.74) is 6.24. The van der Waals surface area contributed by atoms with E-state index in [2.05, 4.69) is 50.2 Å². The zero-order valence-corrected chi connectivity index (χ0v) is 20.4. The number of aliphatic hydroxyl groups is 2. The lowest BCUT2D eigenvalue weighted by molar-refractivity contribution is -0.0229. The Hall–Kier alpha value is -1.53. The van der Waals surface area contributed by atoms with Gasteiger partial charge in [0.15, 0.2) is 0 Å². The molecule has 0 fully saturated rings. The molecule has 0 aliphatic rings. The molecule has 0 saturated carbocycles. The maximum absolute atomic E-state index is 10.7. The first-order valence-electron chi connectivity index (χ1n) is 11.1. The SMILES string of the molecule is CCCc1ccc(Cc2cc(CCC(O)C(OC)C(CO)SC)c(OC)cc2C)cc1. The topological polar surface area (TPSA) is 58.9 Å². The maximum atomic E-state index is 10.7. The predicted molar refractivity (Wildman–Crippen MR) is 130 cm³/mol. The summed E-state index contributed by atoms with van der Waals surface area (Å²) < 4.78 is 11.1. The van der Waals surface area contributed by atoms with Crippen molar-refractivity contribution in [2.24, 2.45) is 0 Å². The quantitative estimate of drug-likeness (QED) is 0.472. The molecule has 0 aliphatic heterocycles. The lowest BCUT2D eigenvalue weighted by Crippen LogP contribution is -2.39. The standard InChI is InChI=1S/C26H38O4S/c1-6-7-19-8-10-20(11-9-19)15-22-16-21(24(29-3)14-18(22)2)12-13-23(28)26(30-4)25(17-27)31-5/h8-11,14,16,23,25-28H,6-7,12-13,15,17H2,1-5H3. The molecule has 0 aliphatic carbocycles. The second-order valence-corrected chi connectivity index (χ2v) is 9.17. The van der Waals surface area contributed by atoms with Gasteiger partial charge in [0.2, 0.25) is 0 Å². The number of rotatable bonds is 13. The fourth-order valence-corrected chi connectivity index (χ4v) is 4.73. The summed E-state index contributed by atoms with van der Waals surface area (Å²) in [4.78, 5) is 0. The van der Waals surface area contributed by atoms with Gasteiger partial charge >= 0.3 is 0 Å². The highest BCUT2D eigenvalue weighted by molar-refractivity contribution is 7.99. The van der Waals surface area contributed by atoms with Crippen molar-refractivity contribution in [3.05, 3.63) is 64.2 Å². The minimum absolute atomic E-state index is 0.0220. The number of ether oxygens (including phenoxy) is 2. The monoisotopic (exact) mass is 446 g/mol. The first-order chi connectivity index (χ1) is 15.0. The first-order valence-corrected chi connectivity index (χ1v) is 12.3. The Morgan fingerprint density at radius 2 is 1.68 bits per heavy atom.